The summed E-state index contributed by atoms with van der Waals surface area (Å²) in [6.07, 6.45) is 6.42. The molecular formula is C27H33ClN8O3S. The Morgan fingerprint density at radius 3 is 2.67 bits per heavy atom. The Morgan fingerprint density at radius 2 is 1.98 bits per heavy atom. The summed E-state index contributed by atoms with van der Waals surface area (Å²) in [6.45, 7) is 7.92. The van der Waals surface area contributed by atoms with E-state index in [0.29, 0.717) is 42.0 Å². The SMILES string of the molecule is CC(C)c1ccc(N2C[C@@H](CNS(C)(=O)=O)[C@H]2C)c2cnc(Nc3ccnc(-c4cn(CCO)nc4Cl)n3)cc12. The summed E-state index contributed by atoms with van der Waals surface area (Å²) in [5.41, 5.74) is 2.87. The lowest BCUT2D eigenvalue weighted by atomic mass is 9.87. The minimum Gasteiger partial charge on any atom is -0.394 e. The van der Waals surface area contributed by atoms with Gasteiger partial charge in [0.05, 0.1) is 25.0 Å². The quantitative estimate of drug-likeness (QED) is 0.254. The fourth-order valence-electron chi connectivity index (χ4n) is 5.02. The summed E-state index contributed by atoms with van der Waals surface area (Å²) in [5.74, 6) is 2.15. The van der Waals surface area contributed by atoms with Gasteiger partial charge in [0.2, 0.25) is 10.0 Å². The number of hydrogen-bond acceptors (Lipinski definition) is 9. The van der Waals surface area contributed by atoms with E-state index in [4.69, 9.17) is 16.6 Å². The number of fused-ring (bicyclic) bond motifs is 1. The molecule has 5 rings (SSSR count). The van der Waals surface area contributed by atoms with Crippen LogP contribution in [-0.2, 0) is 16.6 Å². The van der Waals surface area contributed by atoms with Gasteiger partial charge < -0.3 is 15.3 Å². The van der Waals surface area contributed by atoms with Crippen LogP contribution in [0.15, 0.2) is 42.9 Å². The topological polar surface area (TPSA) is 138 Å². The normalized spacial score (nSPS) is 17.4. The molecule has 0 bridgehead atoms. The monoisotopic (exact) mass is 584 g/mol. The number of sulfonamides is 1. The number of aliphatic hydroxyl groups is 1. The fourth-order valence-corrected chi connectivity index (χ4v) is 5.77. The van der Waals surface area contributed by atoms with Crippen molar-refractivity contribution in [3.8, 4) is 11.4 Å². The summed E-state index contributed by atoms with van der Waals surface area (Å²) in [7, 11) is -3.22. The molecule has 3 N–H and O–H groups in total. The van der Waals surface area contributed by atoms with Crippen LogP contribution < -0.4 is 14.9 Å². The molecule has 4 aromatic rings. The van der Waals surface area contributed by atoms with Gasteiger partial charge in [0.1, 0.15) is 11.6 Å². The smallest absolute Gasteiger partial charge is 0.208 e. The second-order valence-electron chi connectivity index (χ2n) is 10.4. The van der Waals surface area contributed by atoms with E-state index in [9.17, 15) is 13.5 Å². The predicted octanol–water partition coefficient (Wildman–Crippen LogP) is 3.77. The molecular weight excluding hydrogens is 552 g/mol. The average molecular weight is 585 g/mol. The molecule has 11 nitrogen and oxygen atoms in total. The molecule has 0 aliphatic carbocycles. The summed E-state index contributed by atoms with van der Waals surface area (Å²) < 4.78 is 27.3. The molecule has 212 valence electrons. The van der Waals surface area contributed by atoms with Crippen LogP contribution in [0.1, 0.15) is 32.3 Å². The lowest BCUT2D eigenvalue weighted by Gasteiger charge is -2.48. The predicted molar refractivity (Wildman–Crippen MR) is 158 cm³/mol. The van der Waals surface area contributed by atoms with E-state index in [1.165, 1.54) is 11.8 Å². The Hall–Kier alpha value is -3.32. The number of halogens is 1. The van der Waals surface area contributed by atoms with Gasteiger partial charge in [0.25, 0.3) is 0 Å². The molecule has 13 heteroatoms. The number of nitrogens with zero attached hydrogens (tertiary/aromatic N) is 6. The Labute approximate surface area is 238 Å². The van der Waals surface area contributed by atoms with Gasteiger partial charge in [-0.3, -0.25) is 4.68 Å². The molecule has 3 aromatic heterocycles. The number of rotatable bonds is 10. The highest BCUT2D eigenvalue weighted by Crippen LogP contribution is 2.39. The van der Waals surface area contributed by atoms with Crippen LogP contribution in [-0.4, -0.2) is 70.3 Å². The number of pyridine rings is 1. The second kappa shape index (κ2) is 11.3. The number of aliphatic hydroxyl groups excluding tert-OH is 1. The highest BCUT2D eigenvalue weighted by atomic mass is 35.5. The second-order valence-corrected chi connectivity index (χ2v) is 12.6. The number of benzene rings is 1. The van der Waals surface area contributed by atoms with Crippen LogP contribution in [0.5, 0.6) is 0 Å². The van der Waals surface area contributed by atoms with E-state index in [2.05, 4.69) is 62.9 Å². The van der Waals surface area contributed by atoms with Crippen molar-refractivity contribution in [1.82, 2.24) is 29.5 Å². The van der Waals surface area contributed by atoms with Crippen molar-refractivity contribution in [2.24, 2.45) is 5.92 Å². The van der Waals surface area contributed by atoms with Crippen molar-refractivity contribution in [3.05, 3.63) is 53.6 Å². The largest absolute Gasteiger partial charge is 0.394 e. The number of anilines is 3. The number of hydrogen-bond donors (Lipinski definition) is 3. The summed E-state index contributed by atoms with van der Waals surface area (Å²) >= 11 is 6.29. The molecule has 1 aliphatic heterocycles. The lowest BCUT2D eigenvalue weighted by Crippen LogP contribution is -2.58. The van der Waals surface area contributed by atoms with Crippen molar-refractivity contribution >= 4 is 49.7 Å². The lowest BCUT2D eigenvalue weighted by molar-refractivity contribution is 0.269. The molecule has 0 spiro atoms. The van der Waals surface area contributed by atoms with E-state index < -0.39 is 10.0 Å². The maximum absolute atomic E-state index is 11.5. The van der Waals surface area contributed by atoms with Gasteiger partial charge in [-0.1, -0.05) is 31.5 Å². The first-order valence-electron chi connectivity index (χ1n) is 13.1. The van der Waals surface area contributed by atoms with Gasteiger partial charge in [-0.25, -0.2) is 28.1 Å². The molecule has 2 atom stereocenters. The molecule has 4 heterocycles. The van der Waals surface area contributed by atoms with Gasteiger partial charge >= 0.3 is 0 Å². The third-order valence-electron chi connectivity index (χ3n) is 7.25. The first kappa shape index (κ1) is 28.2. The van der Waals surface area contributed by atoms with E-state index in [1.807, 2.05) is 12.3 Å². The standard InChI is InChI=1S/C27H33ClN8O3S/c1-16(2)19-5-6-23(36-14-18(17(36)3)12-31-40(4,38)39)21-13-30-25(11-20(19)21)32-24-7-8-29-27(33-24)22-15-35(9-10-37)34-26(22)28/h5-8,11,13,15-18,31,37H,9-10,12,14H2,1-4H3,(H,29,30,32,33)/t17-,18-/m1/s1. The van der Waals surface area contributed by atoms with E-state index in [0.717, 1.165) is 23.0 Å². The fraction of sp³-hybridized carbons (Fsp3) is 0.407. The van der Waals surface area contributed by atoms with Crippen molar-refractivity contribution in [2.45, 2.75) is 39.3 Å². The molecule has 0 amide bonds. The zero-order valence-corrected chi connectivity index (χ0v) is 24.4. The Balaban J connectivity index is 1.42. The zero-order valence-electron chi connectivity index (χ0n) is 22.8. The van der Waals surface area contributed by atoms with Gasteiger partial charge in [-0.05, 0) is 42.0 Å². The Bertz CT molecular complexity index is 1640. The van der Waals surface area contributed by atoms with Crippen LogP contribution in [0.4, 0.5) is 17.3 Å². The molecule has 1 aromatic carbocycles. The summed E-state index contributed by atoms with van der Waals surface area (Å²) in [4.78, 5) is 16.0. The zero-order chi connectivity index (χ0) is 28.6. The van der Waals surface area contributed by atoms with Crippen LogP contribution in [0, 0.1) is 5.92 Å². The highest BCUT2D eigenvalue weighted by Gasteiger charge is 2.36. The summed E-state index contributed by atoms with van der Waals surface area (Å²) in [5, 5.41) is 19.1. The van der Waals surface area contributed by atoms with Gasteiger partial charge in [0, 0.05) is 54.7 Å². The number of aromatic nitrogens is 5. The van der Waals surface area contributed by atoms with Gasteiger partial charge in [-0.15, -0.1) is 0 Å². The number of nitrogens with one attached hydrogen (secondary N) is 2. The van der Waals surface area contributed by atoms with Crippen molar-refractivity contribution in [3.63, 3.8) is 0 Å². The Morgan fingerprint density at radius 1 is 1.18 bits per heavy atom. The van der Waals surface area contributed by atoms with Crippen LogP contribution in [0.3, 0.4) is 0 Å². The Kier molecular flexibility index (Phi) is 7.96. The highest BCUT2D eigenvalue weighted by molar-refractivity contribution is 7.88. The minimum absolute atomic E-state index is 0.0503. The van der Waals surface area contributed by atoms with Crippen LogP contribution >= 0.6 is 11.6 Å². The minimum atomic E-state index is -3.22. The van der Waals surface area contributed by atoms with Crippen LogP contribution in [0.25, 0.3) is 22.2 Å². The van der Waals surface area contributed by atoms with Gasteiger partial charge in [-0.2, -0.15) is 5.10 Å². The van der Waals surface area contributed by atoms with Crippen molar-refractivity contribution in [1.29, 1.82) is 0 Å². The van der Waals surface area contributed by atoms with Gasteiger partial charge in [0.15, 0.2) is 11.0 Å². The molecule has 0 radical (unpaired) electrons. The molecule has 1 fully saturated rings. The molecule has 0 unspecified atom stereocenters. The summed E-state index contributed by atoms with van der Waals surface area (Å²) in [6, 6.07) is 8.28. The first-order valence-corrected chi connectivity index (χ1v) is 15.4. The molecule has 1 aliphatic rings. The third kappa shape index (κ3) is 5.90. The van der Waals surface area contributed by atoms with Crippen molar-refractivity contribution < 1.29 is 13.5 Å². The van der Waals surface area contributed by atoms with Crippen molar-refractivity contribution in [2.75, 3.05) is 36.2 Å². The average Bonchev–Trinajstić information content (AvgIpc) is 3.27. The molecule has 40 heavy (non-hydrogen) atoms. The van der Waals surface area contributed by atoms with E-state index in [-0.39, 0.29) is 23.7 Å². The molecule has 1 saturated heterocycles. The van der Waals surface area contributed by atoms with E-state index >= 15 is 0 Å². The third-order valence-corrected chi connectivity index (χ3v) is 8.22. The first-order chi connectivity index (χ1) is 19.0. The van der Waals surface area contributed by atoms with E-state index in [1.54, 1.807) is 23.1 Å². The van der Waals surface area contributed by atoms with Crippen LogP contribution in [0.2, 0.25) is 5.15 Å². The maximum atomic E-state index is 11.5. The molecule has 0 saturated carbocycles. The maximum Gasteiger partial charge on any atom is 0.208 e.